The minimum absolute atomic E-state index is 0.102. The molecule has 0 aliphatic carbocycles. The van der Waals surface area contributed by atoms with Crippen molar-refractivity contribution in [3.05, 3.63) is 47.0 Å². The van der Waals surface area contributed by atoms with Gasteiger partial charge in [0, 0.05) is 21.4 Å². The number of hydrogen-bond donors (Lipinski definition) is 1. The number of phenols is 1. The first-order chi connectivity index (χ1) is 8.90. The van der Waals surface area contributed by atoms with E-state index in [0.29, 0.717) is 32.7 Å². The highest BCUT2D eigenvalue weighted by Crippen LogP contribution is 2.37. The fourth-order valence-electron chi connectivity index (χ4n) is 1.80. The molecule has 2 aromatic rings. The lowest BCUT2D eigenvalue weighted by Crippen LogP contribution is -2.09. The lowest BCUT2D eigenvalue weighted by Gasteiger charge is -2.12. The average molecular weight is 277 g/mol. The van der Waals surface area contributed by atoms with Gasteiger partial charge in [0.05, 0.1) is 0 Å². The monoisotopic (exact) mass is 276 g/mol. The summed E-state index contributed by atoms with van der Waals surface area (Å²) in [5.74, 6) is 0.0210. The van der Waals surface area contributed by atoms with Gasteiger partial charge >= 0.3 is 5.97 Å². The topological polar surface area (TPSA) is 46.5 Å². The molecule has 4 heteroatoms. The fraction of sp³-hybridized carbons (Fsp3) is 0.133. The molecule has 0 heterocycles. The number of benzene rings is 2. The molecule has 98 valence electrons. The minimum atomic E-state index is -0.495. The number of esters is 1. The molecule has 2 rings (SSSR count). The van der Waals surface area contributed by atoms with Crippen LogP contribution in [-0.2, 0) is 4.79 Å². The standard InChI is InChI=1S/C15H13ClO3/c1-8(2)15(18)19-14-9(3)6-13(17)12-7-10(16)4-5-11(12)14/h4-7,17H,1H2,2-3H3. The molecule has 0 fully saturated rings. The van der Waals surface area contributed by atoms with Crippen LogP contribution < -0.4 is 4.74 Å². The van der Waals surface area contributed by atoms with E-state index in [4.69, 9.17) is 16.3 Å². The second-order valence-electron chi connectivity index (χ2n) is 4.40. The maximum absolute atomic E-state index is 11.6. The van der Waals surface area contributed by atoms with Crippen LogP contribution in [0.1, 0.15) is 12.5 Å². The molecule has 0 aliphatic rings. The van der Waals surface area contributed by atoms with E-state index in [1.165, 1.54) is 0 Å². The largest absolute Gasteiger partial charge is 0.507 e. The third-order valence-electron chi connectivity index (χ3n) is 2.76. The number of fused-ring (bicyclic) bond motifs is 1. The molecule has 0 saturated heterocycles. The van der Waals surface area contributed by atoms with Crippen molar-refractivity contribution in [3.8, 4) is 11.5 Å². The van der Waals surface area contributed by atoms with Gasteiger partial charge in [0.25, 0.3) is 0 Å². The Kier molecular flexibility index (Phi) is 3.49. The van der Waals surface area contributed by atoms with Gasteiger partial charge in [0.15, 0.2) is 0 Å². The Morgan fingerprint density at radius 2 is 2.00 bits per heavy atom. The van der Waals surface area contributed by atoms with Crippen molar-refractivity contribution in [2.24, 2.45) is 0 Å². The molecular formula is C15H13ClO3. The Balaban J connectivity index is 2.66. The van der Waals surface area contributed by atoms with Crippen molar-refractivity contribution in [1.29, 1.82) is 0 Å². The summed E-state index contributed by atoms with van der Waals surface area (Å²) < 4.78 is 5.32. The molecule has 0 unspecified atom stereocenters. The number of carbonyl (C=O) groups excluding carboxylic acids is 1. The lowest BCUT2D eigenvalue weighted by atomic mass is 10.0. The summed E-state index contributed by atoms with van der Waals surface area (Å²) in [6, 6.07) is 6.57. The summed E-state index contributed by atoms with van der Waals surface area (Å²) in [6.07, 6.45) is 0. The molecule has 0 aromatic heterocycles. The Bertz CT molecular complexity index is 689. The predicted molar refractivity (Wildman–Crippen MR) is 75.8 cm³/mol. The normalized spacial score (nSPS) is 10.5. The highest BCUT2D eigenvalue weighted by atomic mass is 35.5. The van der Waals surface area contributed by atoms with Crippen molar-refractivity contribution in [1.82, 2.24) is 0 Å². The molecule has 2 aromatic carbocycles. The molecule has 0 amide bonds. The third-order valence-corrected chi connectivity index (χ3v) is 2.99. The number of hydrogen-bond acceptors (Lipinski definition) is 3. The van der Waals surface area contributed by atoms with Crippen LogP contribution in [-0.4, -0.2) is 11.1 Å². The molecule has 0 atom stereocenters. The van der Waals surface area contributed by atoms with E-state index in [2.05, 4.69) is 6.58 Å². The zero-order valence-corrected chi connectivity index (χ0v) is 11.4. The molecule has 19 heavy (non-hydrogen) atoms. The van der Waals surface area contributed by atoms with E-state index >= 15 is 0 Å². The number of ether oxygens (including phenoxy) is 1. The average Bonchev–Trinajstić information content (AvgIpc) is 2.34. The van der Waals surface area contributed by atoms with E-state index in [0.717, 1.165) is 0 Å². The molecular weight excluding hydrogens is 264 g/mol. The van der Waals surface area contributed by atoms with Gasteiger partial charge in [-0.15, -0.1) is 0 Å². The highest BCUT2D eigenvalue weighted by molar-refractivity contribution is 6.31. The summed E-state index contributed by atoms with van der Waals surface area (Å²) in [5.41, 5.74) is 0.983. The summed E-state index contributed by atoms with van der Waals surface area (Å²) in [5, 5.41) is 11.6. The zero-order chi connectivity index (χ0) is 14.2. The molecule has 0 saturated carbocycles. The van der Waals surface area contributed by atoms with E-state index in [1.54, 1.807) is 38.1 Å². The first-order valence-corrected chi connectivity index (χ1v) is 6.07. The maximum atomic E-state index is 11.6. The Labute approximate surface area is 116 Å². The Morgan fingerprint density at radius 1 is 1.32 bits per heavy atom. The number of phenolic OH excluding ortho intramolecular Hbond substituents is 1. The van der Waals surface area contributed by atoms with Gasteiger partial charge in [0.2, 0.25) is 0 Å². The quantitative estimate of drug-likeness (QED) is 0.512. The summed E-state index contributed by atoms with van der Waals surface area (Å²) in [4.78, 5) is 11.6. The SMILES string of the molecule is C=C(C)C(=O)Oc1c(C)cc(O)c2cc(Cl)ccc12. The Hall–Kier alpha value is -2.00. The second kappa shape index (κ2) is 4.94. The molecule has 0 spiro atoms. The summed E-state index contributed by atoms with van der Waals surface area (Å²) in [7, 11) is 0. The van der Waals surface area contributed by atoms with Crippen molar-refractivity contribution in [2.45, 2.75) is 13.8 Å². The minimum Gasteiger partial charge on any atom is -0.507 e. The number of aryl methyl sites for hydroxylation is 1. The number of halogens is 1. The third kappa shape index (κ3) is 2.56. The molecule has 0 bridgehead atoms. The van der Waals surface area contributed by atoms with Crippen LogP contribution >= 0.6 is 11.6 Å². The fourth-order valence-corrected chi connectivity index (χ4v) is 1.97. The van der Waals surface area contributed by atoms with Gasteiger partial charge in [-0.25, -0.2) is 4.79 Å². The van der Waals surface area contributed by atoms with Crippen molar-refractivity contribution in [2.75, 3.05) is 0 Å². The second-order valence-corrected chi connectivity index (χ2v) is 4.84. The molecule has 0 aliphatic heterocycles. The molecule has 3 nitrogen and oxygen atoms in total. The summed E-state index contributed by atoms with van der Waals surface area (Å²) >= 11 is 5.91. The van der Waals surface area contributed by atoms with Crippen LogP contribution in [0.25, 0.3) is 10.8 Å². The first kappa shape index (κ1) is 13.4. The van der Waals surface area contributed by atoms with Crippen LogP contribution in [0.3, 0.4) is 0 Å². The van der Waals surface area contributed by atoms with Gasteiger partial charge in [-0.2, -0.15) is 0 Å². The smallest absolute Gasteiger partial charge is 0.338 e. The van der Waals surface area contributed by atoms with Crippen LogP contribution in [0.4, 0.5) is 0 Å². The van der Waals surface area contributed by atoms with Crippen LogP contribution in [0.15, 0.2) is 36.4 Å². The van der Waals surface area contributed by atoms with Crippen LogP contribution in [0, 0.1) is 6.92 Å². The van der Waals surface area contributed by atoms with E-state index in [9.17, 15) is 9.90 Å². The highest BCUT2D eigenvalue weighted by Gasteiger charge is 2.14. The number of rotatable bonds is 2. The lowest BCUT2D eigenvalue weighted by molar-refractivity contribution is -0.130. The van der Waals surface area contributed by atoms with Crippen molar-refractivity contribution >= 4 is 28.3 Å². The van der Waals surface area contributed by atoms with Crippen molar-refractivity contribution in [3.63, 3.8) is 0 Å². The maximum Gasteiger partial charge on any atom is 0.338 e. The van der Waals surface area contributed by atoms with Gasteiger partial charge < -0.3 is 9.84 Å². The van der Waals surface area contributed by atoms with Gasteiger partial charge in [-0.3, -0.25) is 0 Å². The molecule has 1 N–H and O–H groups in total. The van der Waals surface area contributed by atoms with Crippen molar-refractivity contribution < 1.29 is 14.6 Å². The summed E-state index contributed by atoms with van der Waals surface area (Å²) in [6.45, 7) is 6.89. The van der Waals surface area contributed by atoms with Gasteiger partial charge in [-0.05, 0) is 43.7 Å². The van der Waals surface area contributed by atoms with Crippen LogP contribution in [0.5, 0.6) is 11.5 Å². The first-order valence-electron chi connectivity index (χ1n) is 5.69. The zero-order valence-electron chi connectivity index (χ0n) is 10.7. The van der Waals surface area contributed by atoms with E-state index in [1.807, 2.05) is 0 Å². The number of aromatic hydroxyl groups is 1. The van der Waals surface area contributed by atoms with Gasteiger partial charge in [0.1, 0.15) is 11.5 Å². The van der Waals surface area contributed by atoms with E-state index in [-0.39, 0.29) is 5.75 Å². The van der Waals surface area contributed by atoms with Crippen LogP contribution in [0.2, 0.25) is 5.02 Å². The predicted octanol–water partition coefficient (Wildman–Crippen LogP) is 3.99. The number of carbonyl (C=O) groups is 1. The Morgan fingerprint density at radius 3 is 2.63 bits per heavy atom. The molecule has 0 radical (unpaired) electrons. The van der Waals surface area contributed by atoms with Gasteiger partial charge in [-0.1, -0.05) is 18.2 Å². The van der Waals surface area contributed by atoms with E-state index < -0.39 is 5.97 Å².